The lowest BCUT2D eigenvalue weighted by Gasteiger charge is -2.46. The third kappa shape index (κ3) is 6.73. The fourth-order valence-corrected chi connectivity index (χ4v) is 5.35. The van der Waals surface area contributed by atoms with E-state index in [0.29, 0.717) is 6.54 Å². The first-order valence-electron chi connectivity index (χ1n) is 11.1. The number of ether oxygens (including phenoxy) is 1. The lowest BCUT2D eigenvalue weighted by molar-refractivity contribution is -0.152. The molecule has 1 saturated heterocycles. The number of methoxy groups -OCH3 is 1. The number of nitrogens with zero attached hydrogens (tertiary/aromatic N) is 1. The van der Waals surface area contributed by atoms with Crippen molar-refractivity contribution in [3.8, 4) is 5.75 Å². The number of halogens is 1. The van der Waals surface area contributed by atoms with Crippen LogP contribution in [0.3, 0.4) is 0 Å². The molecule has 2 unspecified atom stereocenters. The van der Waals surface area contributed by atoms with Gasteiger partial charge in [-0.05, 0) is 54.7 Å². The van der Waals surface area contributed by atoms with Crippen LogP contribution in [-0.4, -0.2) is 35.7 Å². The summed E-state index contributed by atoms with van der Waals surface area (Å²) in [7, 11) is 1.64. The smallest absolute Gasteiger partial charge is 0.230 e. The normalized spacial score (nSPS) is 17.8. The van der Waals surface area contributed by atoms with Crippen molar-refractivity contribution in [3.63, 3.8) is 0 Å². The molecule has 1 aliphatic rings. The van der Waals surface area contributed by atoms with Crippen LogP contribution < -0.4 is 10.5 Å². The number of hydrogen-bond donors (Lipinski definition) is 1. The second kappa shape index (κ2) is 11.9. The Bertz CT molecular complexity index is 889. The van der Waals surface area contributed by atoms with Gasteiger partial charge in [-0.15, -0.1) is 11.8 Å². The molecule has 1 fully saturated rings. The van der Waals surface area contributed by atoms with Crippen LogP contribution in [0.15, 0.2) is 48.5 Å². The lowest BCUT2D eigenvalue weighted by Crippen LogP contribution is -2.60. The molecule has 0 saturated carbocycles. The largest absolute Gasteiger partial charge is 0.497 e. The molecule has 7 heteroatoms. The Balaban J connectivity index is 1.43. The lowest BCUT2D eigenvalue weighted by atomic mass is 9.93. The predicted octanol–water partition coefficient (Wildman–Crippen LogP) is 4.53. The van der Waals surface area contributed by atoms with Crippen LogP contribution in [-0.2, 0) is 21.8 Å². The van der Waals surface area contributed by atoms with E-state index in [0.717, 1.165) is 54.7 Å². The molecule has 32 heavy (non-hydrogen) atoms. The Morgan fingerprint density at radius 1 is 1.03 bits per heavy atom. The van der Waals surface area contributed by atoms with Gasteiger partial charge in [-0.2, -0.15) is 0 Å². The summed E-state index contributed by atoms with van der Waals surface area (Å²) in [5.74, 6) is 0.633. The van der Waals surface area contributed by atoms with Gasteiger partial charge in [-0.3, -0.25) is 9.59 Å². The van der Waals surface area contributed by atoms with E-state index >= 15 is 0 Å². The number of amides is 2. The van der Waals surface area contributed by atoms with Gasteiger partial charge in [-0.1, -0.05) is 37.1 Å². The van der Waals surface area contributed by atoms with E-state index in [1.165, 1.54) is 12.1 Å². The Kier molecular flexibility index (Phi) is 8.97. The number of β-lactam (4-membered cyclic amide) rings is 1. The van der Waals surface area contributed by atoms with Crippen molar-refractivity contribution in [3.05, 3.63) is 65.5 Å². The van der Waals surface area contributed by atoms with Crippen molar-refractivity contribution >= 4 is 23.6 Å². The highest BCUT2D eigenvalue weighted by Crippen LogP contribution is 2.39. The number of unbranched alkanes of at least 4 members (excludes halogenated alkanes) is 3. The fraction of sp³-hybridized carbons (Fsp3) is 0.440. The summed E-state index contributed by atoms with van der Waals surface area (Å²) in [5, 5.41) is -0.0173. The van der Waals surface area contributed by atoms with Gasteiger partial charge in [0.25, 0.3) is 0 Å². The first-order chi connectivity index (χ1) is 15.5. The maximum atomic E-state index is 13.0. The molecule has 172 valence electrons. The SMILES string of the molecule is COc1ccc(CSC2C(CC(N)=O)C(=O)N2CCCCCCc2ccc(F)cc2)cc1. The Labute approximate surface area is 193 Å². The van der Waals surface area contributed by atoms with Gasteiger partial charge >= 0.3 is 0 Å². The van der Waals surface area contributed by atoms with E-state index < -0.39 is 5.91 Å². The molecule has 1 aliphatic heterocycles. The number of likely N-dealkylation sites (tertiary alicyclic amines) is 1. The number of carbonyl (C=O) groups excluding carboxylic acids is 2. The summed E-state index contributed by atoms with van der Waals surface area (Å²) >= 11 is 1.68. The molecule has 2 N–H and O–H groups in total. The Morgan fingerprint density at radius 3 is 2.34 bits per heavy atom. The van der Waals surface area contributed by atoms with Crippen LogP contribution >= 0.6 is 11.8 Å². The standard InChI is InChI=1S/C25H31FN2O3S/c1-31-21-13-9-19(10-14-21)17-32-25-22(16-23(27)29)24(30)28(25)15-5-3-2-4-6-18-7-11-20(26)12-8-18/h7-14,22,25H,2-6,15-17H2,1H3,(H2,27,29). The highest BCUT2D eigenvalue weighted by atomic mass is 32.2. The molecule has 0 spiro atoms. The topological polar surface area (TPSA) is 72.6 Å². The quantitative estimate of drug-likeness (QED) is 0.354. The summed E-state index contributed by atoms with van der Waals surface area (Å²) in [6.45, 7) is 0.699. The summed E-state index contributed by atoms with van der Waals surface area (Å²) < 4.78 is 18.2. The van der Waals surface area contributed by atoms with Crippen LogP contribution in [0.25, 0.3) is 0 Å². The van der Waals surface area contributed by atoms with Crippen molar-refractivity contribution < 1.29 is 18.7 Å². The van der Waals surface area contributed by atoms with Crippen molar-refractivity contribution in [2.24, 2.45) is 11.7 Å². The Hall–Kier alpha value is -2.54. The number of benzene rings is 2. The minimum Gasteiger partial charge on any atom is -0.497 e. The van der Waals surface area contributed by atoms with Crippen molar-refractivity contribution in [1.82, 2.24) is 4.90 Å². The van der Waals surface area contributed by atoms with Crippen LogP contribution in [0.5, 0.6) is 5.75 Å². The molecule has 0 radical (unpaired) electrons. The number of rotatable bonds is 13. The Morgan fingerprint density at radius 2 is 1.69 bits per heavy atom. The van der Waals surface area contributed by atoms with Crippen LogP contribution in [0.4, 0.5) is 4.39 Å². The van der Waals surface area contributed by atoms with Gasteiger partial charge < -0.3 is 15.4 Å². The van der Waals surface area contributed by atoms with Crippen LogP contribution in [0.2, 0.25) is 0 Å². The first-order valence-corrected chi connectivity index (χ1v) is 12.1. The summed E-state index contributed by atoms with van der Waals surface area (Å²) in [6.07, 6.45) is 5.10. The van der Waals surface area contributed by atoms with E-state index in [-0.39, 0.29) is 29.4 Å². The highest BCUT2D eigenvalue weighted by Gasteiger charge is 2.47. The average molecular weight is 459 g/mol. The van der Waals surface area contributed by atoms with Gasteiger partial charge in [-0.25, -0.2) is 4.39 Å². The number of nitrogens with two attached hydrogens (primary N) is 1. The molecule has 0 aromatic heterocycles. The zero-order chi connectivity index (χ0) is 22.9. The van der Waals surface area contributed by atoms with Gasteiger partial charge in [0.15, 0.2) is 0 Å². The zero-order valence-corrected chi connectivity index (χ0v) is 19.3. The molecule has 0 bridgehead atoms. The van der Waals surface area contributed by atoms with E-state index in [1.54, 1.807) is 18.9 Å². The van der Waals surface area contributed by atoms with Crippen molar-refractivity contribution in [1.29, 1.82) is 0 Å². The van der Waals surface area contributed by atoms with Gasteiger partial charge in [0.2, 0.25) is 11.8 Å². The zero-order valence-electron chi connectivity index (χ0n) is 18.5. The average Bonchev–Trinajstić information content (AvgIpc) is 2.80. The second-order valence-corrected chi connectivity index (χ2v) is 9.25. The van der Waals surface area contributed by atoms with Crippen LogP contribution in [0.1, 0.15) is 43.2 Å². The number of primary amides is 1. The summed E-state index contributed by atoms with van der Waals surface area (Å²) in [4.78, 5) is 25.9. The molecule has 2 amide bonds. The molecule has 5 nitrogen and oxygen atoms in total. The first kappa shape index (κ1) is 24.1. The molecule has 1 heterocycles. The number of aryl methyl sites for hydroxylation is 1. The maximum absolute atomic E-state index is 13.0. The monoisotopic (exact) mass is 458 g/mol. The van der Waals surface area contributed by atoms with E-state index in [1.807, 2.05) is 41.3 Å². The third-order valence-corrected chi connectivity index (χ3v) is 7.20. The second-order valence-electron chi connectivity index (χ2n) is 8.15. The van der Waals surface area contributed by atoms with Crippen molar-refractivity contribution in [2.75, 3.05) is 13.7 Å². The van der Waals surface area contributed by atoms with Gasteiger partial charge in [0, 0.05) is 18.7 Å². The van der Waals surface area contributed by atoms with E-state index in [4.69, 9.17) is 10.5 Å². The van der Waals surface area contributed by atoms with Crippen LogP contribution in [0, 0.1) is 11.7 Å². The predicted molar refractivity (Wildman–Crippen MR) is 126 cm³/mol. The number of hydrogen-bond acceptors (Lipinski definition) is 4. The summed E-state index contributed by atoms with van der Waals surface area (Å²) in [6, 6.07) is 14.5. The maximum Gasteiger partial charge on any atom is 0.230 e. The molecule has 2 atom stereocenters. The van der Waals surface area contributed by atoms with E-state index in [2.05, 4.69) is 0 Å². The molecule has 2 aromatic rings. The molecule has 2 aromatic carbocycles. The molecular formula is C25H31FN2O3S. The molecule has 0 aliphatic carbocycles. The number of thioether (sulfide) groups is 1. The summed E-state index contributed by atoms with van der Waals surface area (Å²) in [5.41, 5.74) is 7.66. The van der Waals surface area contributed by atoms with Gasteiger partial charge in [0.1, 0.15) is 11.6 Å². The van der Waals surface area contributed by atoms with E-state index in [9.17, 15) is 14.0 Å². The molecular weight excluding hydrogens is 427 g/mol. The third-order valence-electron chi connectivity index (χ3n) is 5.78. The molecule has 3 rings (SSSR count). The number of carbonyl (C=O) groups is 2. The van der Waals surface area contributed by atoms with Gasteiger partial charge in [0.05, 0.1) is 18.4 Å². The minimum atomic E-state index is -0.432. The highest BCUT2D eigenvalue weighted by molar-refractivity contribution is 7.99. The fourth-order valence-electron chi connectivity index (χ4n) is 3.96. The minimum absolute atomic E-state index is 0.0173. The van der Waals surface area contributed by atoms with Crippen molar-refractivity contribution in [2.45, 2.75) is 49.7 Å².